The average Bonchev–Trinajstić information content (AvgIpc) is 3.30. The van der Waals surface area contributed by atoms with Gasteiger partial charge in [0, 0.05) is 55.9 Å². The Balaban J connectivity index is 1.71. The molecule has 2 saturated heterocycles. The maximum Gasteiger partial charge on any atom is 0.329 e. The highest BCUT2D eigenvalue weighted by atomic mass is 32.2. The molecule has 0 aromatic carbocycles. The topological polar surface area (TPSA) is 186 Å². The summed E-state index contributed by atoms with van der Waals surface area (Å²) in [4.78, 5) is 72.1. The van der Waals surface area contributed by atoms with Crippen molar-refractivity contribution in [1.82, 2.24) is 4.90 Å². The number of amides is 1. The molecule has 1 saturated carbocycles. The Hall–Kier alpha value is -2.63. The third-order valence-corrected chi connectivity index (χ3v) is 16.6. The fourth-order valence-electron chi connectivity index (χ4n) is 10.2. The number of methoxy groups -OCH3 is 2. The van der Waals surface area contributed by atoms with Crippen LogP contribution in [0.3, 0.4) is 0 Å². The van der Waals surface area contributed by atoms with Gasteiger partial charge in [-0.2, -0.15) is 24.4 Å². The van der Waals surface area contributed by atoms with Crippen LogP contribution >= 0.6 is 24.4 Å². The van der Waals surface area contributed by atoms with Crippen molar-refractivity contribution >= 4 is 53.6 Å². The molecule has 13 nitrogen and oxygen atoms in total. The Kier molecular flexibility index (Phi) is 23.0. The van der Waals surface area contributed by atoms with Crippen molar-refractivity contribution < 1.29 is 58.2 Å². The van der Waals surface area contributed by atoms with Gasteiger partial charge in [0.25, 0.3) is 11.7 Å². The molecule has 2 bridgehead atoms. The van der Waals surface area contributed by atoms with Crippen molar-refractivity contribution in [3.63, 3.8) is 0 Å². The highest BCUT2D eigenvalue weighted by Gasteiger charge is 2.53. The highest BCUT2D eigenvalue weighted by molar-refractivity contribution is 8.00. The van der Waals surface area contributed by atoms with E-state index in [9.17, 15) is 39.3 Å². The number of Topliss-reactive ketones (excluding diaryl/α,β-unsaturated/α-hetero) is 3. The zero-order valence-corrected chi connectivity index (χ0v) is 43.2. The fraction of sp³-hybridized carbons (Fsp3) is 0.750. The quantitative estimate of drug-likeness (QED) is 0.0830. The first kappa shape index (κ1) is 57.0. The van der Waals surface area contributed by atoms with Crippen LogP contribution < -0.4 is 0 Å². The summed E-state index contributed by atoms with van der Waals surface area (Å²) in [5, 5.41) is 34.0. The largest absolute Gasteiger partial charge is 0.460 e. The van der Waals surface area contributed by atoms with E-state index >= 15 is 0 Å². The molecule has 4 aliphatic rings. The van der Waals surface area contributed by atoms with Gasteiger partial charge in [-0.1, -0.05) is 76.6 Å². The van der Waals surface area contributed by atoms with Gasteiger partial charge in [-0.05, 0) is 114 Å². The molecule has 378 valence electrons. The van der Waals surface area contributed by atoms with E-state index in [1.54, 1.807) is 45.7 Å². The number of cyclic esters (lactones) is 1. The van der Waals surface area contributed by atoms with E-state index in [1.165, 1.54) is 12.0 Å². The number of thiol groups is 1. The second-order valence-corrected chi connectivity index (χ2v) is 21.7. The molecule has 4 rings (SSSR count). The zero-order chi connectivity index (χ0) is 49.6. The van der Waals surface area contributed by atoms with E-state index in [0.29, 0.717) is 69.1 Å². The molecule has 1 unspecified atom stereocenters. The molecule has 0 aromatic heterocycles. The van der Waals surface area contributed by atoms with E-state index in [1.807, 2.05) is 45.1 Å². The van der Waals surface area contributed by atoms with Crippen LogP contribution in [0.25, 0.3) is 0 Å². The van der Waals surface area contributed by atoms with Crippen LogP contribution in [0.1, 0.15) is 126 Å². The summed E-state index contributed by atoms with van der Waals surface area (Å²) >= 11 is 6.19. The van der Waals surface area contributed by atoms with Gasteiger partial charge in [0.1, 0.15) is 30.1 Å². The van der Waals surface area contributed by atoms with Gasteiger partial charge in [-0.25, -0.2) is 4.79 Å². The SMILES string of the molecule is CO[C@@H]1C[C@H](C[C@@H](C)[C@@H]2CC(=O)[C@H](C)/C=C(\C)[C@@H](O)[C@@H](OC)C(=O)[C@H](C)C[C@H](C)C(SCCS)/C=C/C=C/C(C)=C/C[C@@H]3CC[C@@H](C)[C@@](O)(O3)C(=O)C(=O)N3CCCC[C@H]3C(=O)O2)CC[C@H]1O. The number of esters is 1. The number of aliphatic hydroxyl groups is 3. The standard InChI is InChI=1S/C52H81NO12S2/c1-31-14-10-11-16-45(67-25-24-66)34(4)27-36(6)47(57)48(63-9)46(56)35(5)26-32(2)42(55)30-43(33(3)28-38-19-22-41(54)44(29-38)62-8)64-51(60)40-15-12-13-23-53(40)50(59)49(58)52(61)37(7)18-21-39(65-52)20-17-31/h10-11,14,16-17,26,32-34,36-41,43-46,48,54,56,61,66H,12-13,15,18-25,27-30H2,1-9H3/b14-10+,16-11+,31-17+,35-26+/t32-,33-,34+,36-,37-,38+,39-,40+,41-,43+,44-,45?,46-,48-,52-/m1/s1. The van der Waals surface area contributed by atoms with Gasteiger partial charge in [0.05, 0.1) is 18.3 Å². The predicted octanol–water partition coefficient (Wildman–Crippen LogP) is 7.20. The number of ketones is 3. The Morgan fingerprint density at radius 3 is 2.37 bits per heavy atom. The van der Waals surface area contributed by atoms with Gasteiger partial charge >= 0.3 is 5.97 Å². The van der Waals surface area contributed by atoms with Crippen molar-refractivity contribution in [2.24, 2.45) is 35.5 Å². The van der Waals surface area contributed by atoms with Gasteiger partial charge < -0.3 is 39.2 Å². The van der Waals surface area contributed by atoms with E-state index in [-0.39, 0.29) is 60.1 Å². The third-order valence-electron chi connectivity index (χ3n) is 14.6. The van der Waals surface area contributed by atoms with Crippen molar-refractivity contribution in [3.05, 3.63) is 47.6 Å². The highest BCUT2D eigenvalue weighted by Crippen LogP contribution is 2.37. The molecular weight excluding hydrogens is 895 g/mol. The summed E-state index contributed by atoms with van der Waals surface area (Å²) in [6, 6.07) is -1.13. The van der Waals surface area contributed by atoms with Crippen molar-refractivity contribution in [1.29, 1.82) is 0 Å². The molecule has 0 aromatic rings. The number of rotatable bonds is 8. The molecular formula is C52H81NO12S2. The third kappa shape index (κ3) is 15.7. The normalized spacial score (nSPS) is 39.6. The summed E-state index contributed by atoms with van der Waals surface area (Å²) in [6.07, 6.45) is 12.4. The van der Waals surface area contributed by atoms with Crippen LogP contribution in [0.5, 0.6) is 0 Å². The first-order chi connectivity index (χ1) is 31.7. The minimum atomic E-state index is -2.39. The van der Waals surface area contributed by atoms with Crippen molar-refractivity contribution in [2.45, 2.75) is 179 Å². The number of carbonyl (C=O) groups is 5. The van der Waals surface area contributed by atoms with Crippen molar-refractivity contribution in [3.8, 4) is 0 Å². The van der Waals surface area contributed by atoms with Crippen LogP contribution in [-0.2, 0) is 42.9 Å². The first-order valence-electron chi connectivity index (χ1n) is 24.6. The summed E-state index contributed by atoms with van der Waals surface area (Å²) in [6.45, 7) is 13.0. The average molecular weight is 976 g/mol. The zero-order valence-electron chi connectivity index (χ0n) is 41.5. The fourth-order valence-corrected chi connectivity index (χ4v) is 11.5. The molecule has 15 heteroatoms. The molecule has 0 spiro atoms. The van der Waals surface area contributed by atoms with Gasteiger partial charge in [-0.3, -0.25) is 19.2 Å². The maximum absolute atomic E-state index is 14.4. The summed E-state index contributed by atoms with van der Waals surface area (Å²) in [5.74, 6) is -6.23. The van der Waals surface area contributed by atoms with Crippen LogP contribution in [0.4, 0.5) is 0 Å². The molecule has 67 heavy (non-hydrogen) atoms. The molecule has 15 atom stereocenters. The number of piperidine rings is 1. The van der Waals surface area contributed by atoms with Gasteiger partial charge in [-0.15, -0.1) is 0 Å². The molecule has 3 aliphatic heterocycles. The summed E-state index contributed by atoms with van der Waals surface area (Å²) in [5.41, 5.74) is 1.34. The number of hydrogen-bond acceptors (Lipinski definition) is 14. The number of fused-ring (bicyclic) bond motifs is 3. The van der Waals surface area contributed by atoms with Crippen LogP contribution in [0.15, 0.2) is 47.6 Å². The van der Waals surface area contributed by atoms with E-state index in [0.717, 1.165) is 17.7 Å². The van der Waals surface area contributed by atoms with E-state index in [2.05, 4.69) is 25.6 Å². The number of thioether (sulfide) groups is 1. The second kappa shape index (κ2) is 27.1. The van der Waals surface area contributed by atoms with E-state index < -0.39 is 77.8 Å². The monoisotopic (exact) mass is 976 g/mol. The van der Waals surface area contributed by atoms with Crippen LogP contribution in [0, 0.1) is 35.5 Å². The Labute approximate surface area is 409 Å². The van der Waals surface area contributed by atoms with Gasteiger partial charge in [0.15, 0.2) is 5.78 Å². The molecule has 1 aliphatic carbocycles. The molecule has 1 amide bonds. The molecule has 3 heterocycles. The second-order valence-electron chi connectivity index (χ2n) is 19.9. The van der Waals surface area contributed by atoms with Crippen LogP contribution in [0.2, 0.25) is 0 Å². The molecule has 0 radical (unpaired) electrons. The number of aliphatic hydroxyl groups excluding tert-OH is 2. The lowest BCUT2D eigenvalue weighted by Crippen LogP contribution is -2.60. The minimum Gasteiger partial charge on any atom is -0.460 e. The Morgan fingerprint density at radius 1 is 0.955 bits per heavy atom. The Bertz CT molecular complexity index is 1800. The number of ether oxygens (including phenoxy) is 4. The molecule has 3 fully saturated rings. The minimum absolute atomic E-state index is 0.0752. The number of allylic oxidation sites excluding steroid dienone is 5. The molecule has 3 N–H and O–H groups in total. The lowest BCUT2D eigenvalue weighted by molar-refractivity contribution is -0.262. The number of hydrogen-bond donors (Lipinski definition) is 4. The lowest BCUT2D eigenvalue weighted by atomic mass is 9.78. The lowest BCUT2D eigenvalue weighted by Gasteiger charge is -2.42. The summed E-state index contributed by atoms with van der Waals surface area (Å²) < 4.78 is 23.6. The smallest absolute Gasteiger partial charge is 0.329 e. The van der Waals surface area contributed by atoms with E-state index in [4.69, 9.17) is 18.9 Å². The van der Waals surface area contributed by atoms with Gasteiger partial charge in [0.2, 0.25) is 5.79 Å². The maximum atomic E-state index is 14.4. The number of carbonyl (C=O) groups excluding carboxylic acids is 5. The van der Waals surface area contributed by atoms with Crippen LogP contribution in [-0.4, -0.2) is 135 Å². The Morgan fingerprint density at radius 2 is 1.69 bits per heavy atom. The summed E-state index contributed by atoms with van der Waals surface area (Å²) in [7, 11) is 2.96. The number of nitrogens with zero attached hydrogens (tertiary/aromatic N) is 1. The van der Waals surface area contributed by atoms with Crippen molar-refractivity contribution in [2.75, 3.05) is 32.3 Å². The predicted molar refractivity (Wildman–Crippen MR) is 264 cm³/mol. The first-order valence-corrected chi connectivity index (χ1v) is 26.3.